The zero-order valence-electron chi connectivity index (χ0n) is 15.3. The van der Waals surface area contributed by atoms with E-state index in [1.807, 2.05) is 23.6 Å². The first-order chi connectivity index (χ1) is 14.2. The second-order valence-electron chi connectivity index (χ2n) is 6.48. The molecule has 0 aliphatic carbocycles. The summed E-state index contributed by atoms with van der Waals surface area (Å²) in [7, 11) is 0. The molecule has 0 amide bonds. The van der Waals surface area contributed by atoms with E-state index in [1.54, 1.807) is 23.6 Å². The second-order valence-corrected chi connectivity index (χ2v) is 8.65. The van der Waals surface area contributed by atoms with Crippen LogP contribution in [0.3, 0.4) is 0 Å². The number of rotatable bonds is 3. The standard InChI is InChI=1S/C22H14ClN3OS2/c1-13-2-4-14(5-3-13)18-12-29-21(25-18)17-11-15-10-16(23)6-7-19(15)27-20(17)26-22-24-8-9-28-22/h2-12H,1H3/b26-20-. The van der Waals surface area contributed by atoms with Gasteiger partial charge in [-0.05, 0) is 31.2 Å². The highest BCUT2D eigenvalue weighted by molar-refractivity contribution is 7.13. The summed E-state index contributed by atoms with van der Waals surface area (Å²) in [6.07, 6.45) is 1.73. The van der Waals surface area contributed by atoms with Gasteiger partial charge in [-0.25, -0.2) is 9.97 Å². The van der Waals surface area contributed by atoms with Crippen molar-refractivity contribution in [1.82, 2.24) is 9.97 Å². The number of aryl methyl sites for hydroxylation is 1. The minimum atomic E-state index is 0.486. The van der Waals surface area contributed by atoms with Crippen molar-refractivity contribution < 1.29 is 4.42 Å². The van der Waals surface area contributed by atoms with Gasteiger partial charge in [0.25, 0.3) is 0 Å². The first-order valence-corrected chi connectivity index (χ1v) is 11.0. The molecule has 0 saturated carbocycles. The quantitative estimate of drug-likeness (QED) is 0.310. The van der Waals surface area contributed by atoms with E-state index < -0.39 is 0 Å². The molecule has 5 aromatic rings. The third kappa shape index (κ3) is 3.74. The van der Waals surface area contributed by atoms with Gasteiger partial charge < -0.3 is 4.42 Å². The Labute approximate surface area is 179 Å². The average Bonchev–Trinajstić information content (AvgIpc) is 3.40. The highest BCUT2D eigenvalue weighted by atomic mass is 35.5. The Balaban J connectivity index is 1.70. The summed E-state index contributed by atoms with van der Waals surface area (Å²) in [5, 5.41) is 6.97. The van der Waals surface area contributed by atoms with Gasteiger partial charge in [0.15, 0.2) is 0 Å². The van der Waals surface area contributed by atoms with E-state index >= 15 is 0 Å². The van der Waals surface area contributed by atoms with Crippen LogP contribution in [0.2, 0.25) is 5.02 Å². The van der Waals surface area contributed by atoms with Gasteiger partial charge >= 0.3 is 0 Å². The summed E-state index contributed by atoms with van der Waals surface area (Å²) in [6.45, 7) is 2.07. The van der Waals surface area contributed by atoms with Crippen molar-refractivity contribution in [3.05, 3.63) is 81.6 Å². The van der Waals surface area contributed by atoms with E-state index in [4.69, 9.17) is 21.0 Å². The summed E-state index contributed by atoms with van der Waals surface area (Å²) in [6, 6.07) is 15.9. The molecule has 0 atom stereocenters. The molecule has 5 rings (SSSR count). The fourth-order valence-corrected chi connectivity index (χ4v) is 4.47. The van der Waals surface area contributed by atoms with Crippen LogP contribution >= 0.6 is 34.3 Å². The van der Waals surface area contributed by atoms with Gasteiger partial charge in [0.2, 0.25) is 10.7 Å². The molecule has 0 N–H and O–H groups in total. The van der Waals surface area contributed by atoms with E-state index in [0.29, 0.717) is 21.3 Å². The maximum Gasteiger partial charge on any atom is 0.232 e. The molecule has 4 nitrogen and oxygen atoms in total. The van der Waals surface area contributed by atoms with Crippen LogP contribution in [0, 0.1) is 6.92 Å². The van der Waals surface area contributed by atoms with Crippen LogP contribution in [0.15, 0.2) is 74.9 Å². The summed E-state index contributed by atoms with van der Waals surface area (Å²) in [5.41, 5.74) is 5.24. The molecule has 0 unspecified atom stereocenters. The van der Waals surface area contributed by atoms with Crippen LogP contribution in [-0.4, -0.2) is 9.97 Å². The molecule has 0 aliphatic heterocycles. The molecule has 0 fully saturated rings. The highest BCUT2D eigenvalue weighted by Gasteiger charge is 2.13. The van der Waals surface area contributed by atoms with Crippen molar-refractivity contribution in [2.75, 3.05) is 0 Å². The minimum Gasteiger partial charge on any atom is -0.438 e. The third-order valence-electron chi connectivity index (χ3n) is 4.41. The van der Waals surface area contributed by atoms with Crippen LogP contribution in [0.5, 0.6) is 0 Å². The van der Waals surface area contributed by atoms with Crippen LogP contribution in [0.4, 0.5) is 5.13 Å². The Hall–Kier alpha value is -2.80. The lowest BCUT2D eigenvalue weighted by molar-refractivity contribution is 0.547. The Kier molecular flexibility index (Phi) is 4.75. The summed E-state index contributed by atoms with van der Waals surface area (Å²) in [5.74, 6) is 0. The van der Waals surface area contributed by atoms with Crippen LogP contribution < -0.4 is 5.55 Å². The van der Waals surface area contributed by atoms with Gasteiger partial charge in [-0.1, -0.05) is 41.4 Å². The van der Waals surface area contributed by atoms with Gasteiger partial charge in [-0.15, -0.1) is 22.7 Å². The van der Waals surface area contributed by atoms with E-state index in [1.165, 1.54) is 16.9 Å². The predicted octanol–water partition coefficient (Wildman–Crippen LogP) is 6.87. The zero-order chi connectivity index (χ0) is 19.8. The number of hydrogen-bond acceptors (Lipinski definition) is 6. The van der Waals surface area contributed by atoms with E-state index in [9.17, 15) is 0 Å². The number of halogens is 1. The average molecular weight is 436 g/mol. The molecule has 0 bridgehead atoms. The van der Waals surface area contributed by atoms with Crippen LogP contribution in [0.1, 0.15) is 5.56 Å². The first-order valence-electron chi connectivity index (χ1n) is 8.86. The molecule has 0 radical (unpaired) electrons. The number of aromatic nitrogens is 2. The smallest absolute Gasteiger partial charge is 0.232 e. The fourth-order valence-electron chi connectivity index (χ4n) is 2.95. The Morgan fingerprint density at radius 2 is 1.90 bits per heavy atom. The Morgan fingerprint density at radius 1 is 1.03 bits per heavy atom. The summed E-state index contributed by atoms with van der Waals surface area (Å²) < 4.78 is 6.11. The molecule has 7 heteroatoms. The van der Waals surface area contributed by atoms with Gasteiger partial charge in [-0.2, -0.15) is 4.99 Å². The molecule has 0 spiro atoms. The van der Waals surface area contributed by atoms with Crippen molar-refractivity contribution in [2.24, 2.45) is 4.99 Å². The van der Waals surface area contributed by atoms with Crippen LogP contribution in [-0.2, 0) is 0 Å². The highest BCUT2D eigenvalue weighted by Crippen LogP contribution is 2.30. The number of benzene rings is 2. The van der Waals surface area contributed by atoms with E-state index in [-0.39, 0.29) is 0 Å². The molecule has 29 heavy (non-hydrogen) atoms. The van der Waals surface area contributed by atoms with Gasteiger partial charge in [0.05, 0.1) is 11.3 Å². The molecular weight excluding hydrogens is 422 g/mol. The molecule has 0 aliphatic rings. The lowest BCUT2D eigenvalue weighted by Gasteiger charge is -2.03. The first kappa shape index (κ1) is 18.2. The number of fused-ring (bicyclic) bond motifs is 1. The SMILES string of the molecule is Cc1ccc(-c2csc(-c3cc4cc(Cl)ccc4o/c3=N\c3nccs3)n2)cc1. The molecular formula is C22H14ClN3OS2. The molecule has 3 aromatic heterocycles. The van der Waals surface area contributed by atoms with Crippen molar-refractivity contribution in [3.8, 4) is 21.8 Å². The van der Waals surface area contributed by atoms with E-state index in [2.05, 4.69) is 46.5 Å². The molecule has 0 saturated heterocycles. The molecule has 142 valence electrons. The maximum absolute atomic E-state index is 6.18. The third-order valence-corrected chi connectivity index (χ3v) is 6.18. The predicted molar refractivity (Wildman–Crippen MR) is 120 cm³/mol. The lowest BCUT2D eigenvalue weighted by Crippen LogP contribution is -2.05. The fraction of sp³-hybridized carbons (Fsp3) is 0.0455. The van der Waals surface area contributed by atoms with Crippen LogP contribution in [0.25, 0.3) is 32.8 Å². The van der Waals surface area contributed by atoms with Crippen molar-refractivity contribution in [1.29, 1.82) is 0 Å². The monoisotopic (exact) mass is 435 g/mol. The lowest BCUT2D eigenvalue weighted by atomic mass is 10.1. The Bertz CT molecular complexity index is 1370. The topological polar surface area (TPSA) is 51.3 Å². The Morgan fingerprint density at radius 3 is 2.69 bits per heavy atom. The summed E-state index contributed by atoms with van der Waals surface area (Å²) in [4.78, 5) is 13.7. The molecule has 2 aromatic carbocycles. The number of thiazole rings is 2. The van der Waals surface area contributed by atoms with Gasteiger partial charge in [0.1, 0.15) is 10.6 Å². The van der Waals surface area contributed by atoms with E-state index in [0.717, 1.165) is 27.2 Å². The minimum absolute atomic E-state index is 0.486. The van der Waals surface area contributed by atoms with Crippen molar-refractivity contribution >= 4 is 50.4 Å². The van der Waals surface area contributed by atoms with Gasteiger partial charge in [-0.3, -0.25) is 0 Å². The zero-order valence-corrected chi connectivity index (χ0v) is 17.7. The normalized spacial score (nSPS) is 12.0. The molecule has 3 heterocycles. The second kappa shape index (κ2) is 7.55. The van der Waals surface area contributed by atoms with Crippen molar-refractivity contribution in [2.45, 2.75) is 6.92 Å². The number of hydrogen-bond donors (Lipinski definition) is 0. The largest absolute Gasteiger partial charge is 0.438 e. The van der Waals surface area contributed by atoms with Gasteiger partial charge in [0, 0.05) is 32.9 Å². The summed E-state index contributed by atoms with van der Waals surface area (Å²) >= 11 is 9.20. The maximum atomic E-state index is 6.18. The number of nitrogens with zero attached hydrogens (tertiary/aromatic N) is 3. The van der Waals surface area contributed by atoms with Crippen molar-refractivity contribution in [3.63, 3.8) is 0 Å².